The molecule has 0 spiro atoms. The monoisotopic (exact) mass is 322 g/mol. The van der Waals surface area contributed by atoms with Gasteiger partial charge >= 0.3 is 12.0 Å². The summed E-state index contributed by atoms with van der Waals surface area (Å²) in [5, 5.41) is 4.52. The third-order valence-corrected chi connectivity index (χ3v) is 2.70. The van der Waals surface area contributed by atoms with Crippen LogP contribution in [-0.2, 0) is 14.3 Å². The number of aryl methyl sites for hydroxylation is 2. The SMILES string of the molecule is CCCNC(=O)NC(=O)COC(=O)COc1cc(C)cc(C)c1. The summed E-state index contributed by atoms with van der Waals surface area (Å²) < 4.78 is 10.0. The third kappa shape index (κ3) is 7.85. The van der Waals surface area contributed by atoms with Crippen LogP contribution < -0.4 is 15.4 Å². The summed E-state index contributed by atoms with van der Waals surface area (Å²) in [6, 6.07) is 4.97. The molecule has 7 nitrogen and oxygen atoms in total. The van der Waals surface area contributed by atoms with E-state index in [-0.39, 0.29) is 6.61 Å². The standard InChI is InChI=1S/C16H22N2O5/c1-4-5-17-16(21)18-14(19)9-23-15(20)10-22-13-7-11(2)6-12(3)8-13/h6-8H,4-5,9-10H2,1-3H3,(H2,17,18,19,21). The van der Waals surface area contributed by atoms with Gasteiger partial charge in [-0.05, 0) is 43.5 Å². The van der Waals surface area contributed by atoms with Gasteiger partial charge in [-0.25, -0.2) is 9.59 Å². The van der Waals surface area contributed by atoms with E-state index >= 15 is 0 Å². The Morgan fingerprint density at radius 3 is 2.30 bits per heavy atom. The van der Waals surface area contributed by atoms with Crippen LogP contribution in [0.3, 0.4) is 0 Å². The van der Waals surface area contributed by atoms with Gasteiger partial charge in [0.25, 0.3) is 5.91 Å². The van der Waals surface area contributed by atoms with Gasteiger partial charge in [-0.3, -0.25) is 10.1 Å². The van der Waals surface area contributed by atoms with Gasteiger partial charge in [0.05, 0.1) is 0 Å². The summed E-state index contributed by atoms with van der Waals surface area (Å²) in [5.41, 5.74) is 2.04. The Balaban J connectivity index is 2.28. The summed E-state index contributed by atoms with van der Waals surface area (Å²) in [5.74, 6) is -0.825. The van der Waals surface area contributed by atoms with E-state index in [0.717, 1.165) is 17.5 Å². The van der Waals surface area contributed by atoms with Gasteiger partial charge < -0.3 is 14.8 Å². The van der Waals surface area contributed by atoms with E-state index in [1.807, 2.05) is 26.8 Å². The minimum atomic E-state index is -0.696. The Morgan fingerprint density at radius 2 is 1.70 bits per heavy atom. The molecule has 0 saturated carbocycles. The topological polar surface area (TPSA) is 93.7 Å². The molecule has 0 aliphatic carbocycles. The van der Waals surface area contributed by atoms with Crippen molar-refractivity contribution >= 4 is 17.9 Å². The zero-order valence-electron chi connectivity index (χ0n) is 13.6. The minimum absolute atomic E-state index is 0.307. The highest BCUT2D eigenvalue weighted by molar-refractivity contribution is 5.95. The average molecular weight is 322 g/mol. The predicted octanol–water partition coefficient (Wildman–Crippen LogP) is 1.46. The molecule has 2 N–H and O–H groups in total. The first kappa shape index (κ1) is 18.5. The molecule has 0 aliphatic rings. The maximum atomic E-state index is 11.5. The van der Waals surface area contributed by atoms with Crippen LogP contribution in [0.15, 0.2) is 18.2 Å². The second-order valence-electron chi connectivity index (χ2n) is 5.08. The lowest BCUT2D eigenvalue weighted by atomic mass is 10.1. The van der Waals surface area contributed by atoms with Crippen LogP contribution in [0.4, 0.5) is 4.79 Å². The van der Waals surface area contributed by atoms with Crippen molar-refractivity contribution in [3.05, 3.63) is 29.3 Å². The number of benzene rings is 1. The second-order valence-corrected chi connectivity index (χ2v) is 5.08. The molecular weight excluding hydrogens is 300 g/mol. The van der Waals surface area contributed by atoms with Crippen molar-refractivity contribution in [2.45, 2.75) is 27.2 Å². The maximum Gasteiger partial charge on any atom is 0.344 e. The molecule has 1 rings (SSSR count). The highest BCUT2D eigenvalue weighted by atomic mass is 16.6. The minimum Gasteiger partial charge on any atom is -0.482 e. The fourth-order valence-corrected chi connectivity index (χ4v) is 1.79. The molecule has 0 unspecified atom stereocenters. The van der Waals surface area contributed by atoms with Crippen LogP contribution in [-0.4, -0.2) is 37.7 Å². The lowest BCUT2D eigenvalue weighted by molar-refractivity contribution is -0.150. The summed E-state index contributed by atoms with van der Waals surface area (Å²) in [6.45, 7) is 5.35. The number of esters is 1. The quantitative estimate of drug-likeness (QED) is 0.741. The first-order chi connectivity index (χ1) is 10.9. The van der Waals surface area contributed by atoms with E-state index in [2.05, 4.69) is 10.6 Å². The van der Waals surface area contributed by atoms with Crippen molar-refractivity contribution in [2.75, 3.05) is 19.8 Å². The number of hydrogen-bond donors (Lipinski definition) is 2. The number of imide groups is 1. The van der Waals surface area contributed by atoms with Gasteiger partial charge in [-0.1, -0.05) is 13.0 Å². The van der Waals surface area contributed by atoms with Gasteiger partial charge in [0.2, 0.25) is 0 Å². The Morgan fingerprint density at radius 1 is 1.04 bits per heavy atom. The number of ether oxygens (including phenoxy) is 2. The summed E-state index contributed by atoms with van der Waals surface area (Å²) in [6.07, 6.45) is 0.756. The van der Waals surface area contributed by atoms with Crippen molar-refractivity contribution in [3.63, 3.8) is 0 Å². The lowest BCUT2D eigenvalue weighted by Gasteiger charge is -2.09. The van der Waals surface area contributed by atoms with Gasteiger partial charge in [0.15, 0.2) is 13.2 Å². The van der Waals surface area contributed by atoms with E-state index in [1.54, 1.807) is 12.1 Å². The molecule has 0 bridgehead atoms. The highest BCUT2D eigenvalue weighted by Gasteiger charge is 2.11. The molecule has 3 amide bonds. The lowest BCUT2D eigenvalue weighted by Crippen LogP contribution is -2.41. The summed E-state index contributed by atoms with van der Waals surface area (Å²) >= 11 is 0. The van der Waals surface area contributed by atoms with Crippen LogP contribution in [0, 0.1) is 13.8 Å². The summed E-state index contributed by atoms with van der Waals surface area (Å²) in [7, 11) is 0. The maximum absolute atomic E-state index is 11.5. The molecule has 1 aromatic carbocycles. The molecular formula is C16H22N2O5. The Labute approximate surface area is 135 Å². The Bertz CT molecular complexity index is 551. The average Bonchev–Trinajstić information content (AvgIpc) is 2.48. The molecule has 0 aliphatic heterocycles. The van der Waals surface area contributed by atoms with Crippen molar-refractivity contribution in [1.82, 2.24) is 10.6 Å². The van der Waals surface area contributed by atoms with Crippen molar-refractivity contribution < 1.29 is 23.9 Å². The van der Waals surface area contributed by atoms with Crippen molar-refractivity contribution in [3.8, 4) is 5.75 Å². The second kappa shape index (κ2) is 9.45. The van der Waals surface area contributed by atoms with E-state index < -0.39 is 24.5 Å². The molecule has 0 fully saturated rings. The van der Waals surface area contributed by atoms with Crippen LogP contribution in [0.25, 0.3) is 0 Å². The van der Waals surface area contributed by atoms with Crippen molar-refractivity contribution in [1.29, 1.82) is 0 Å². The predicted molar refractivity (Wildman–Crippen MR) is 84.2 cm³/mol. The van der Waals surface area contributed by atoms with E-state index in [0.29, 0.717) is 12.3 Å². The van der Waals surface area contributed by atoms with E-state index in [4.69, 9.17) is 9.47 Å². The molecule has 1 aromatic rings. The number of amides is 3. The van der Waals surface area contributed by atoms with Gasteiger partial charge in [0.1, 0.15) is 5.75 Å². The summed E-state index contributed by atoms with van der Waals surface area (Å²) in [4.78, 5) is 34.1. The number of hydrogen-bond acceptors (Lipinski definition) is 5. The van der Waals surface area contributed by atoms with Crippen LogP contribution >= 0.6 is 0 Å². The van der Waals surface area contributed by atoms with Crippen LogP contribution in [0.2, 0.25) is 0 Å². The number of nitrogens with one attached hydrogen (secondary N) is 2. The number of rotatable bonds is 7. The third-order valence-electron chi connectivity index (χ3n) is 2.70. The van der Waals surface area contributed by atoms with Gasteiger partial charge in [0, 0.05) is 6.54 Å². The van der Waals surface area contributed by atoms with Gasteiger partial charge in [-0.15, -0.1) is 0 Å². The van der Waals surface area contributed by atoms with Crippen LogP contribution in [0.1, 0.15) is 24.5 Å². The van der Waals surface area contributed by atoms with Gasteiger partial charge in [-0.2, -0.15) is 0 Å². The molecule has 0 aromatic heterocycles. The molecule has 0 radical (unpaired) electrons. The first-order valence-electron chi connectivity index (χ1n) is 7.35. The molecule has 126 valence electrons. The number of urea groups is 1. The van der Waals surface area contributed by atoms with E-state index in [1.165, 1.54) is 0 Å². The zero-order valence-corrected chi connectivity index (χ0v) is 13.6. The van der Waals surface area contributed by atoms with E-state index in [9.17, 15) is 14.4 Å². The first-order valence-corrected chi connectivity index (χ1v) is 7.35. The largest absolute Gasteiger partial charge is 0.482 e. The number of carbonyl (C=O) groups excluding carboxylic acids is 3. The number of carbonyl (C=O) groups is 3. The molecule has 7 heteroatoms. The molecule has 0 saturated heterocycles. The molecule has 0 atom stereocenters. The highest BCUT2D eigenvalue weighted by Crippen LogP contribution is 2.15. The van der Waals surface area contributed by atoms with Crippen molar-refractivity contribution in [2.24, 2.45) is 0 Å². The fraction of sp³-hybridized carbons (Fsp3) is 0.438. The zero-order chi connectivity index (χ0) is 17.2. The van der Waals surface area contributed by atoms with Crippen LogP contribution in [0.5, 0.6) is 5.75 Å². The fourth-order valence-electron chi connectivity index (χ4n) is 1.79. The normalized spacial score (nSPS) is 9.87. The molecule has 0 heterocycles. The Hall–Kier alpha value is -2.57. The smallest absolute Gasteiger partial charge is 0.344 e. The Kier molecular flexibility index (Phi) is 7.59. The molecule has 23 heavy (non-hydrogen) atoms.